The minimum absolute atomic E-state index is 0.800. The first-order chi connectivity index (χ1) is 10.6. The van der Waals surface area contributed by atoms with E-state index in [1.54, 1.807) is 70.6 Å². The van der Waals surface area contributed by atoms with Crippen molar-refractivity contribution < 1.29 is 0 Å². The molecular weight excluding hydrogens is 264 g/mol. The minimum Gasteiger partial charge on any atom is -0.0620 e. The molecule has 0 N–H and O–H groups in total. The van der Waals surface area contributed by atoms with Crippen LogP contribution in [0.25, 0.3) is 0 Å². The minimum atomic E-state index is 0.800. The molecule has 8 rings (SSSR count). The summed E-state index contributed by atoms with van der Waals surface area (Å²) >= 11 is 0. The summed E-state index contributed by atoms with van der Waals surface area (Å²) in [5, 5.41) is 0. The van der Waals surface area contributed by atoms with Gasteiger partial charge in [0.05, 0.1) is 0 Å². The van der Waals surface area contributed by atoms with Crippen molar-refractivity contribution in [2.45, 2.75) is 84.5 Å². The Balaban J connectivity index is 0.000000102. The van der Waals surface area contributed by atoms with E-state index in [0.717, 1.165) is 52.8 Å². The third-order valence-corrected chi connectivity index (χ3v) is 9.04. The van der Waals surface area contributed by atoms with E-state index in [-0.39, 0.29) is 0 Å². The monoisotopic (exact) mass is 300 g/mol. The van der Waals surface area contributed by atoms with Gasteiger partial charge in [0.25, 0.3) is 0 Å². The van der Waals surface area contributed by atoms with Gasteiger partial charge < -0.3 is 0 Å². The van der Waals surface area contributed by atoms with Crippen molar-refractivity contribution in [2.75, 3.05) is 0 Å². The molecule has 124 valence electrons. The molecule has 0 amide bonds. The maximum Gasteiger partial charge on any atom is -0.0318 e. The summed E-state index contributed by atoms with van der Waals surface area (Å²) in [4.78, 5) is 0. The summed E-state index contributed by atoms with van der Waals surface area (Å²) < 4.78 is 0. The second kappa shape index (κ2) is 5.00. The molecule has 8 aliphatic carbocycles. The Labute approximate surface area is 137 Å². The zero-order valence-electron chi connectivity index (χ0n) is 14.9. The van der Waals surface area contributed by atoms with Gasteiger partial charge in [0.15, 0.2) is 0 Å². The van der Waals surface area contributed by atoms with Crippen LogP contribution in [-0.2, 0) is 0 Å². The van der Waals surface area contributed by atoms with Crippen molar-refractivity contribution in [1.29, 1.82) is 0 Å². The van der Waals surface area contributed by atoms with Gasteiger partial charge in [-0.2, -0.15) is 0 Å². The van der Waals surface area contributed by atoms with Gasteiger partial charge in [-0.1, -0.05) is 13.8 Å². The predicted molar refractivity (Wildman–Crippen MR) is 92.5 cm³/mol. The van der Waals surface area contributed by atoms with Crippen LogP contribution in [0, 0.1) is 52.8 Å². The Bertz CT molecular complexity index is 370. The summed E-state index contributed by atoms with van der Waals surface area (Å²) in [6.07, 6.45) is 17.4. The van der Waals surface area contributed by atoms with E-state index in [1.807, 2.05) is 0 Å². The fraction of sp³-hybridized carbons (Fsp3) is 1.00. The van der Waals surface area contributed by atoms with Gasteiger partial charge >= 0.3 is 0 Å². The number of hydrogen-bond acceptors (Lipinski definition) is 0. The third-order valence-electron chi connectivity index (χ3n) is 9.04. The summed E-state index contributed by atoms with van der Waals surface area (Å²) in [7, 11) is 0. The molecule has 0 heteroatoms. The van der Waals surface area contributed by atoms with Gasteiger partial charge in [0.1, 0.15) is 0 Å². The van der Waals surface area contributed by atoms with Gasteiger partial charge in [-0.25, -0.2) is 0 Å². The van der Waals surface area contributed by atoms with Crippen molar-refractivity contribution in [2.24, 2.45) is 52.8 Å². The van der Waals surface area contributed by atoms with Gasteiger partial charge in [-0.05, 0) is 123 Å². The van der Waals surface area contributed by atoms with Crippen molar-refractivity contribution in [3.05, 3.63) is 0 Å². The molecule has 22 heavy (non-hydrogen) atoms. The van der Waals surface area contributed by atoms with E-state index in [4.69, 9.17) is 0 Å². The molecule has 0 radical (unpaired) electrons. The van der Waals surface area contributed by atoms with Crippen molar-refractivity contribution in [3.63, 3.8) is 0 Å². The molecule has 0 unspecified atom stereocenters. The van der Waals surface area contributed by atoms with Crippen molar-refractivity contribution >= 4 is 0 Å². The van der Waals surface area contributed by atoms with Crippen LogP contribution < -0.4 is 0 Å². The molecule has 0 aliphatic heterocycles. The lowest BCUT2D eigenvalue weighted by Gasteiger charge is -2.55. The molecule has 0 spiro atoms. The first-order valence-corrected chi connectivity index (χ1v) is 10.6. The highest BCUT2D eigenvalue weighted by molar-refractivity contribution is 4.99. The van der Waals surface area contributed by atoms with Gasteiger partial charge in [0, 0.05) is 0 Å². The fourth-order valence-electron chi connectivity index (χ4n) is 8.74. The molecule has 0 aromatic rings. The van der Waals surface area contributed by atoms with Crippen LogP contribution in [0.15, 0.2) is 0 Å². The topological polar surface area (TPSA) is 0 Å². The second-order valence-corrected chi connectivity index (χ2v) is 11.0. The number of hydrogen-bond donors (Lipinski definition) is 0. The third kappa shape index (κ3) is 2.39. The Kier molecular flexibility index (Phi) is 3.26. The largest absolute Gasteiger partial charge is 0.0620 e. The zero-order valence-corrected chi connectivity index (χ0v) is 14.9. The predicted octanol–water partition coefficient (Wildman–Crippen LogP) is 6.30. The first kappa shape index (κ1) is 14.4. The number of rotatable bonds is 0. The Morgan fingerprint density at radius 3 is 1.27 bits per heavy atom. The normalized spacial score (nSPS) is 60.3. The van der Waals surface area contributed by atoms with E-state index in [1.165, 1.54) is 0 Å². The zero-order chi connectivity index (χ0) is 14.9. The summed E-state index contributed by atoms with van der Waals surface area (Å²) in [6.45, 7) is 5.05. The molecule has 8 bridgehead atoms. The quantitative estimate of drug-likeness (QED) is 0.492. The maximum absolute atomic E-state index is 2.54. The van der Waals surface area contributed by atoms with Crippen LogP contribution in [-0.4, -0.2) is 0 Å². The lowest BCUT2D eigenvalue weighted by atomic mass is 9.50. The van der Waals surface area contributed by atoms with Gasteiger partial charge in [0.2, 0.25) is 0 Å². The maximum atomic E-state index is 2.54. The molecule has 0 aromatic carbocycles. The summed E-state index contributed by atoms with van der Waals surface area (Å²) in [5.41, 5.74) is 0.800. The molecule has 8 saturated carbocycles. The summed E-state index contributed by atoms with van der Waals surface area (Å²) in [5.74, 6) is 9.13. The van der Waals surface area contributed by atoms with E-state index in [2.05, 4.69) is 13.8 Å². The van der Waals surface area contributed by atoms with Gasteiger partial charge in [-0.15, -0.1) is 0 Å². The van der Waals surface area contributed by atoms with Crippen molar-refractivity contribution in [1.82, 2.24) is 0 Å². The smallest absolute Gasteiger partial charge is 0.0318 e. The summed E-state index contributed by atoms with van der Waals surface area (Å²) in [6, 6.07) is 0. The van der Waals surface area contributed by atoms with E-state index in [0.29, 0.717) is 0 Å². The van der Waals surface area contributed by atoms with E-state index in [9.17, 15) is 0 Å². The standard InChI is InChI=1S/2C11H18/c1-11-5-8-2-9(6-11)4-10(3-8)7-11;1-7-10-3-8-2-9(5-10)6-11(7)4-8/h8-10H,2-7H2,1H3;7-11H,2-6H2,1H3. The van der Waals surface area contributed by atoms with Crippen LogP contribution >= 0.6 is 0 Å². The Morgan fingerprint density at radius 1 is 0.545 bits per heavy atom. The molecule has 8 fully saturated rings. The average molecular weight is 301 g/mol. The molecule has 8 aliphatic rings. The average Bonchev–Trinajstić information content (AvgIpc) is 2.41. The highest BCUT2D eigenvalue weighted by Gasteiger charge is 2.48. The van der Waals surface area contributed by atoms with Gasteiger partial charge in [-0.3, -0.25) is 0 Å². The molecule has 0 heterocycles. The van der Waals surface area contributed by atoms with Crippen LogP contribution in [0.1, 0.15) is 84.5 Å². The fourth-order valence-corrected chi connectivity index (χ4v) is 8.74. The Hall–Kier alpha value is 0. The molecule has 0 saturated heterocycles. The first-order valence-electron chi connectivity index (χ1n) is 10.6. The SMILES string of the molecule is CC12CC3CC(CC(C3)C1)C2.CC1C2CC3CC(C2)CC1C3. The Morgan fingerprint density at radius 2 is 0.909 bits per heavy atom. The molecule has 0 aromatic heterocycles. The molecule has 0 atom stereocenters. The van der Waals surface area contributed by atoms with Crippen molar-refractivity contribution in [3.8, 4) is 0 Å². The highest BCUT2D eigenvalue weighted by Crippen LogP contribution is 2.59. The van der Waals surface area contributed by atoms with E-state index >= 15 is 0 Å². The molecule has 0 nitrogen and oxygen atoms in total. The van der Waals surface area contributed by atoms with Crippen LogP contribution in [0.2, 0.25) is 0 Å². The highest BCUT2D eigenvalue weighted by atomic mass is 14.5. The van der Waals surface area contributed by atoms with E-state index < -0.39 is 0 Å². The molecular formula is C22H36. The van der Waals surface area contributed by atoms with Crippen LogP contribution in [0.4, 0.5) is 0 Å². The second-order valence-electron chi connectivity index (χ2n) is 11.0. The van der Waals surface area contributed by atoms with Crippen LogP contribution in [0.5, 0.6) is 0 Å². The lowest BCUT2D eigenvalue weighted by Crippen LogP contribution is -2.44. The van der Waals surface area contributed by atoms with Crippen LogP contribution in [0.3, 0.4) is 0 Å². The lowest BCUT2D eigenvalue weighted by molar-refractivity contribution is -0.0411.